The van der Waals surface area contributed by atoms with Crippen LogP contribution in [0.1, 0.15) is 28.7 Å². The number of nitrogens with zero attached hydrogens (tertiary/aromatic N) is 1. The maximum Gasteiger partial charge on any atom is 0.374 e. The Bertz CT molecular complexity index is 1360. The van der Waals surface area contributed by atoms with Crippen molar-refractivity contribution in [3.8, 4) is 0 Å². The van der Waals surface area contributed by atoms with Gasteiger partial charge in [-0.15, -0.1) is 0 Å². The summed E-state index contributed by atoms with van der Waals surface area (Å²) in [7, 11) is 0. The fraction of sp³-hybridized carbons (Fsp3) is 0.182. The molecule has 0 spiro atoms. The van der Waals surface area contributed by atoms with Crippen molar-refractivity contribution in [2.45, 2.75) is 20.0 Å². The van der Waals surface area contributed by atoms with Gasteiger partial charge in [-0.2, -0.15) is 5.10 Å². The monoisotopic (exact) mass is 484 g/mol. The Balaban J connectivity index is 1.59. The molecule has 0 amide bonds. The Labute approximate surface area is 184 Å². The number of benzene rings is 2. The number of nitrogens with one attached hydrogen (secondary N) is 1. The summed E-state index contributed by atoms with van der Waals surface area (Å²) in [5.74, 6) is -1.20. The average Bonchev–Trinajstić information content (AvgIpc) is 3.12. The first kappa shape index (κ1) is 20.8. The van der Waals surface area contributed by atoms with E-state index in [9.17, 15) is 14.4 Å². The lowest BCUT2D eigenvalue weighted by Gasteiger charge is -2.07. The van der Waals surface area contributed by atoms with Gasteiger partial charge in [0, 0.05) is 15.2 Å². The average molecular weight is 485 g/mol. The molecule has 0 bridgehead atoms. The van der Waals surface area contributed by atoms with E-state index in [0.29, 0.717) is 33.0 Å². The number of hydrogen-bond donors (Lipinski definition) is 1. The number of aromatic amines is 1. The van der Waals surface area contributed by atoms with Crippen molar-refractivity contribution in [3.63, 3.8) is 0 Å². The maximum absolute atomic E-state index is 12.5. The molecule has 0 aliphatic heterocycles. The van der Waals surface area contributed by atoms with Gasteiger partial charge in [-0.1, -0.05) is 34.1 Å². The number of H-pyrrole nitrogens is 1. The molecule has 8 nitrogen and oxygen atoms in total. The summed E-state index contributed by atoms with van der Waals surface area (Å²) in [5, 5.41) is 8.03. The zero-order chi connectivity index (χ0) is 22.0. The molecule has 0 unspecified atom stereocenters. The minimum Gasteiger partial charge on any atom is -0.460 e. The Kier molecular flexibility index (Phi) is 5.85. The number of aromatic nitrogens is 2. The largest absolute Gasteiger partial charge is 0.460 e. The molecule has 4 rings (SSSR count). The molecular weight excluding hydrogens is 468 g/mol. The van der Waals surface area contributed by atoms with Crippen molar-refractivity contribution < 1.29 is 23.5 Å². The van der Waals surface area contributed by atoms with Crippen LogP contribution in [0.5, 0.6) is 0 Å². The Morgan fingerprint density at radius 2 is 1.87 bits per heavy atom. The van der Waals surface area contributed by atoms with Crippen molar-refractivity contribution in [1.82, 2.24) is 10.2 Å². The maximum atomic E-state index is 12.5. The molecule has 0 aliphatic carbocycles. The highest BCUT2D eigenvalue weighted by molar-refractivity contribution is 9.10. The number of esters is 2. The molecule has 0 aliphatic rings. The molecule has 31 heavy (non-hydrogen) atoms. The second-order valence-corrected chi connectivity index (χ2v) is 7.57. The SMILES string of the molecule is CCOC(=O)c1oc2ccc(Br)cc2c1COC(=O)Cc1n[nH]c(=O)c2ccccc12. The van der Waals surface area contributed by atoms with Crippen LogP contribution in [-0.2, 0) is 27.3 Å². The van der Waals surface area contributed by atoms with E-state index >= 15 is 0 Å². The number of fused-ring (bicyclic) bond motifs is 2. The van der Waals surface area contributed by atoms with Crippen LogP contribution < -0.4 is 5.56 Å². The van der Waals surface area contributed by atoms with Gasteiger partial charge in [0.2, 0.25) is 5.76 Å². The lowest BCUT2D eigenvalue weighted by Crippen LogP contribution is -2.15. The fourth-order valence-electron chi connectivity index (χ4n) is 3.27. The summed E-state index contributed by atoms with van der Waals surface area (Å²) in [6, 6.07) is 12.2. The number of ether oxygens (including phenoxy) is 2. The number of carbonyl (C=O) groups excluding carboxylic acids is 2. The van der Waals surface area contributed by atoms with Crippen molar-refractivity contribution >= 4 is 49.6 Å². The Morgan fingerprint density at radius 3 is 2.65 bits per heavy atom. The highest BCUT2D eigenvalue weighted by Gasteiger charge is 2.23. The Morgan fingerprint density at radius 1 is 1.10 bits per heavy atom. The third kappa shape index (κ3) is 4.22. The van der Waals surface area contributed by atoms with Crippen LogP contribution in [0.3, 0.4) is 0 Å². The van der Waals surface area contributed by atoms with E-state index in [-0.39, 0.29) is 31.0 Å². The minimum absolute atomic E-state index is 0.00429. The topological polar surface area (TPSA) is 111 Å². The number of halogens is 1. The van der Waals surface area contributed by atoms with Crippen LogP contribution in [-0.4, -0.2) is 28.7 Å². The van der Waals surface area contributed by atoms with E-state index in [2.05, 4.69) is 26.1 Å². The summed E-state index contributed by atoms with van der Waals surface area (Å²) in [5.41, 5.74) is 0.959. The van der Waals surface area contributed by atoms with E-state index in [4.69, 9.17) is 13.9 Å². The summed E-state index contributed by atoms with van der Waals surface area (Å²) < 4.78 is 16.9. The summed E-state index contributed by atoms with van der Waals surface area (Å²) >= 11 is 3.39. The van der Waals surface area contributed by atoms with E-state index in [0.717, 1.165) is 4.47 Å². The lowest BCUT2D eigenvalue weighted by molar-refractivity contribution is -0.144. The fourth-order valence-corrected chi connectivity index (χ4v) is 3.63. The van der Waals surface area contributed by atoms with Crippen LogP contribution in [0.2, 0.25) is 0 Å². The summed E-state index contributed by atoms with van der Waals surface area (Å²) in [6.45, 7) is 1.69. The lowest BCUT2D eigenvalue weighted by atomic mass is 10.1. The number of carbonyl (C=O) groups is 2. The van der Waals surface area contributed by atoms with E-state index in [1.807, 2.05) is 0 Å². The number of furan rings is 1. The minimum atomic E-state index is -0.630. The third-order valence-corrected chi connectivity index (χ3v) is 5.17. The van der Waals surface area contributed by atoms with Gasteiger partial charge in [0.1, 0.15) is 12.2 Å². The molecule has 0 saturated heterocycles. The van der Waals surface area contributed by atoms with E-state index in [1.54, 1.807) is 49.4 Å². The zero-order valence-corrected chi connectivity index (χ0v) is 18.0. The predicted molar refractivity (Wildman–Crippen MR) is 116 cm³/mol. The van der Waals surface area contributed by atoms with Crippen LogP contribution >= 0.6 is 15.9 Å². The smallest absolute Gasteiger partial charge is 0.374 e. The highest BCUT2D eigenvalue weighted by Crippen LogP contribution is 2.30. The van der Waals surface area contributed by atoms with Crippen LogP contribution in [0.25, 0.3) is 21.7 Å². The summed E-state index contributed by atoms with van der Waals surface area (Å²) in [6.07, 6.45) is -0.147. The molecule has 0 radical (unpaired) electrons. The molecular formula is C22H17BrN2O6. The molecule has 2 aromatic carbocycles. The molecule has 2 aromatic heterocycles. The Hall–Kier alpha value is -3.46. The van der Waals surface area contributed by atoms with Crippen LogP contribution in [0.4, 0.5) is 0 Å². The van der Waals surface area contributed by atoms with Crippen molar-refractivity contribution in [2.75, 3.05) is 6.61 Å². The van der Waals surface area contributed by atoms with Gasteiger partial charge < -0.3 is 13.9 Å². The zero-order valence-electron chi connectivity index (χ0n) is 16.4. The van der Waals surface area contributed by atoms with Gasteiger partial charge in [-0.3, -0.25) is 9.59 Å². The first-order valence-corrected chi connectivity index (χ1v) is 10.3. The first-order chi connectivity index (χ1) is 15.0. The van der Waals surface area contributed by atoms with Gasteiger partial charge in [0.15, 0.2) is 0 Å². The second-order valence-electron chi connectivity index (χ2n) is 6.65. The number of hydrogen-bond acceptors (Lipinski definition) is 7. The summed E-state index contributed by atoms with van der Waals surface area (Å²) in [4.78, 5) is 36.8. The van der Waals surface area contributed by atoms with Crippen molar-refractivity contribution in [3.05, 3.63) is 74.3 Å². The first-order valence-electron chi connectivity index (χ1n) is 9.48. The molecule has 158 valence electrons. The molecule has 0 atom stereocenters. The van der Waals surface area contributed by atoms with Crippen molar-refractivity contribution in [2.24, 2.45) is 0 Å². The van der Waals surface area contributed by atoms with Gasteiger partial charge in [0.25, 0.3) is 5.56 Å². The quantitative estimate of drug-likeness (QED) is 0.413. The van der Waals surface area contributed by atoms with Gasteiger partial charge in [-0.05, 0) is 31.2 Å². The van der Waals surface area contributed by atoms with Gasteiger partial charge in [0.05, 0.1) is 29.7 Å². The molecule has 0 fully saturated rings. The second kappa shape index (κ2) is 8.73. The molecule has 4 aromatic rings. The third-order valence-electron chi connectivity index (χ3n) is 4.68. The van der Waals surface area contributed by atoms with E-state index < -0.39 is 11.9 Å². The van der Waals surface area contributed by atoms with Gasteiger partial charge in [-0.25, -0.2) is 9.89 Å². The molecule has 2 heterocycles. The standard InChI is InChI=1S/C22H17BrN2O6/c1-2-29-22(28)20-16(15-9-12(23)7-8-18(15)31-20)11-30-19(26)10-17-13-5-3-4-6-14(13)21(27)25-24-17/h3-9H,2,10-11H2,1H3,(H,25,27). The normalized spacial score (nSPS) is 11.0. The highest BCUT2D eigenvalue weighted by atomic mass is 79.9. The predicted octanol–water partition coefficient (Wildman–Crippen LogP) is 3.89. The molecule has 0 saturated carbocycles. The molecule has 1 N–H and O–H groups in total. The molecule has 9 heteroatoms. The van der Waals surface area contributed by atoms with Crippen molar-refractivity contribution in [1.29, 1.82) is 0 Å². The van der Waals surface area contributed by atoms with E-state index in [1.165, 1.54) is 0 Å². The van der Waals surface area contributed by atoms with Gasteiger partial charge >= 0.3 is 11.9 Å². The van der Waals surface area contributed by atoms with Crippen LogP contribution in [0, 0.1) is 0 Å². The number of rotatable bonds is 6. The van der Waals surface area contributed by atoms with Crippen LogP contribution in [0.15, 0.2) is 56.1 Å².